The Bertz CT molecular complexity index is 541. The van der Waals surface area contributed by atoms with Gasteiger partial charge in [-0.2, -0.15) is 11.8 Å². The van der Waals surface area contributed by atoms with E-state index in [0.717, 1.165) is 17.7 Å². The summed E-state index contributed by atoms with van der Waals surface area (Å²) >= 11 is 2.04. The lowest BCUT2D eigenvalue weighted by Crippen LogP contribution is -2.12. The van der Waals surface area contributed by atoms with Gasteiger partial charge in [0.15, 0.2) is 5.65 Å². The molecule has 1 aliphatic heterocycles. The van der Waals surface area contributed by atoms with E-state index in [9.17, 15) is 0 Å². The third kappa shape index (κ3) is 2.14. The van der Waals surface area contributed by atoms with Crippen LogP contribution in [0.25, 0.3) is 11.2 Å². The van der Waals surface area contributed by atoms with E-state index in [0.29, 0.717) is 11.8 Å². The maximum atomic E-state index is 4.83. The fraction of sp³-hybridized carbons (Fsp3) is 0.571. The second-order valence-corrected chi connectivity index (χ2v) is 6.53. The van der Waals surface area contributed by atoms with Crippen LogP contribution >= 0.6 is 11.8 Å². The van der Waals surface area contributed by atoms with Crippen LogP contribution in [0.5, 0.6) is 0 Å². The largest absolute Gasteiger partial charge is 0.312 e. The molecule has 1 fully saturated rings. The lowest BCUT2D eigenvalue weighted by atomic mass is 10.1. The van der Waals surface area contributed by atoms with E-state index in [-0.39, 0.29) is 0 Å². The van der Waals surface area contributed by atoms with E-state index >= 15 is 0 Å². The van der Waals surface area contributed by atoms with Crippen LogP contribution in [0.15, 0.2) is 18.3 Å². The smallest absolute Gasteiger partial charge is 0.159 e. The molecule has 1 saturated heterocycles. The molecule has 1 aliphatic rings. The fourth-order valence-corrected chi connectivity index (χ4v) is 3.79. The van der Waals surface area contributed by atoms with Crippen LogP contribution in [0.1, 0.15) is 32.0 Å². The molecule has 1 atom stereocenters. The molecule has 0 radical (unpaired) electrons. The highest BCUT2D eigenvalue weighted by atomic mass is 32.2. The van der Waals surface area contributed by atoms with Gasteiger partial charge in [0.05, 0.1) is 0 Å². The minimum Gasteiger partial charge on any atom is -0.312 e. The molecule has 96 valence electrons. The third-order valence-corrected chi connectivity index (χ3v) is 4.54. The molecule has 3 heterocycles. The van der Waals surface area contributed by atoms with Crippen molar-refractivity contribution in [3.05, 3.63) is 24.2 Å². The van der Waals surface area contributed by atoms with E-state index in [1.165, 1.54) is 23.8 Å². The molecule has 0 spiro atoms. The van der Waals surface area contributed by atoms with Crippen molar-refractivity contribution in [2.45, 2.75) is 32.7 Å². The zero-order valence-electron chi connectivity index (χ0n) is 11.0. The average molecular weight is 261 g/mol. The molecule has 0 bridgehead atoms. The summed E-state index contributed by atoms with van der Waals surface area (Å²) in [6, 6.07) is 4.05. The predicted molar refractivity (Wildman–Crippen MR) is 77.0 cm³/mol. The predicted octanol–water partition coefficient (Wildman–Crippen LogP) is 3.31. The zero-order valence-corrected chi connectivity index (χ0v) is 11.8. The summed E-state index contributed by atoms with van der Waals surface area (Å²) in [4.78, 5) is 9.35. The minimum absolute atomic E-state index is 0.614. The van der Waals surface area contributed by atoms with Gasteiger partial charge in [0.1, 0.15) is 11.3 Å². The molecule has 1 unspecified atom stereocenters. The summed E-state index contributed by atoms with van der Waals surface area (Å²) in [6.45, 7) is 5.52. The highest BCUT2D eigenvalue weighted by Crippen LogP contribution is 2.33. The van der Waals surface area contributed by atoms with Gasteiger partial charge in [-0.1, -0.05) is 13.8 Å². The van der Waals surface area contributed by atoms with Gasteiger partial charge in [0, 0.05) is 24.4 Å². The van der Waals surface area contributed by atoms with Gasteiger partial charge in [-0.05, 0) is 30.2 Å². The van der Waals surface area contributed by atoms with Crippen molar-refractivity contribution < 1.29 is 0 Å². The fourth-order valence-electron chi connectivity index (χ4n) is 2.57. The quantitative estimate of drug-likeness (QED) is 0.849. The molecular formula is C14H19N3S. The van der Waals surface area contributed by atoms with Crippen LogP contribution in [0.4, 0.5) is 0 Å². The first-order chi connectivity index (χ1) is 8.75. The molecule has 3 nitrogen and oxygen atoms in total. The lowest BCUT2D eigenvalue weighted by Gasteiger charge is -2.14. The Morgan fingerprint density at radius 2 is 2.39 bits per heavy atom. The second-order valence-electron chi connectivity index (χ2n) is 5.38. The van der Waals surface area contributed by atoms with Gasteiger partial charge >= 0.3 is 0 Å². The van der Waals surface area contributed by atoms with Gasteiger partial charge < -0.3 is 4.57 Å². The molecular weight excluding hydrogens is 242 g/mol. The Balaban J connectivity index is 2.10. The highest BCUT2D eigenvalue weighted by molar-refractivity contribution is 7.99. The first kappa shape index (κ1) is 12.0. The number of aromatic nitrogens is 3. The average Bonchev–Trinajstić information content (AvgIpc) is 2.96. The molecule has 0 aromatic carbocycles. The van der Waals surface area contributed by atoms with Crippen molar-refractivity contribution in [2.75, 3.05) is 11.5 Å². The molecule has 0 N–H and O–H groups in total. The van der Waals surface area contributed by atoms with Gasteiger partial charge in [-0.25, -0.2) is 9.97 Å². The SMILES string of the molecule is CC(C)Cn1c(C2CCSC2)nc2cccnc21. The minimum atomic E-state index is 0.614. The van der Waals surface area contributed by atoms with Gasteiger partial charge in [0.25, 0.3) is 0 Å². The number of thioether (sulfide) groups is 1. The Hall–Kier alpha value is -1.03. The first-order valence-electron chi connectivity index (χ1n) is 6.64. The molecule has 4 heteroatoms. The molecule has 0 amide bonds. The topological polar surface area (TPSA) is 30.7 Å². The molecule has 3 rings (SSSR count). The van der Waals surface area contributed by atoms with Crippen LogP contribution in [-0.4, -0.2) is 26.0 Å². The number of nitrogens with zero attached hydrogens (tertiary/aromatic N) is 3. The van der Waals surface area contributed by atoms with Gasteiger partial charge in [0.2, 0.25) is 0 Å². The van der Waals surface area contributed by atoms with E-state index in [4.69, 9.17) is 4.98 Å². The number of hydrogen-bond donors (Lipinski definition) is 0. The van der Waals surface area contributed by atoms with Crippen LogP contribution in [0, 0.1) is 5.92 Å². The van der Waals surface area contributed by atoms with Crippen molar-refractivity contribution >= 4 is 22.9 Å². The first-order valence-corrected chi connectivity index (χ1v) is 7.80. The van der Waals surface area contributed by atoms with Crippen molar-refractivity contribution in [1.29, 1.82) is 0 Å². The molecule has 0 saturated carbocycles. The summed E-state index contributed by atoms with van der Waals surface area (Å²) in [7, 11) is 0. The maximum absolute atomic E-state index is 4.83. The molecule has 2 aromatic rings. The molecule has 18 heavy (non-hydrogen) atoms. The summed E-state index contributed by atoms with van der Waals surface area (Å²) in [5.41, 5.74) is 2.10. The van der Waals surface area contributed by atoms with E-state index in [1.807, 2.05) is 24.0 Å². The van der Waals surface area contributed by atoms with Crippen LogP contribution in [0.2, 0.25) is 0 Å². The number of imidazole rings is 1. The Morgan fingerprint density at radius 3 is 3.11 bits per heavy atom. The van der Waals surface area contributed by atoms with E-state index < -0.39 is 0 Å². The summed E-state index contributed by atoms with van der Waals surface area (Å²) in [5, 5.41) is 0. The summed E-state index contributed by atoms with van der Waals surface area (Å²) in [6.07, 6.45) is 3.13. The van der Waals surface area contributed by atoms with E-state index in [2.05, 4.69) is 29.5 Å². The number of rotatable bonds is 3. The van der Waals surface area contributed by atoms with Crippen molar-refractivity contribution in [2.24, 2.45) is 5.92 Å². The number of fused-ring (bicyclic) bond motifs is 1. The van der Waals surface area contributed by atoms with Gasteiger partial charge in [-0.15, -0.1) is 0 Å². The number of hydrogen-bond acceptors (Lipinski definition) is 3. The summed E-state index contributed by atoms with van der Waals surface area (Å²) in [5.74, 6) is 4.97. The van der Waals surface area contributed by atoms with Crippen LogP contribution in [0.3, 0.4) is 0 Å². The van der Waals surface area contributed by atoms with E-state index in [1.54, 1.807) is 0 Å². The standard InChI is InChI=1S/C14H19N3S/c1-10(2)8-17-13(11-5-7-18-9-11)16-12-4-3-6-15-14(12)17/h3-4,6,10-11H,5,7-9H2,1-2H3. The zero-order chi connectivity index (χ0) is 12.5. The summed E-state index contributed by atoms with van der Waals surface area (Å²) < 4.78 is 2.34. The van der Waals surface area contributed by atoms with Crippen molar-refractivity contribution in [3.8, 4) is 0 Å². The molecule has 2 aromatic heterocycles. The lowest BCUT2D eigenvalue weighted by molar-refractivity contribution is 0.501. The Kier molecular flexibility index (Phi) is 3.29. The number of pyridine rings is 1. The Labute approximate surface area is 112 Å². The normalized spacial score (nSPS) is 20.1. The van der Waals surface area contributed by atoms with Gasteiger partial charge in [-0.3, -0.25) is 0 Å². The monoisotopic (exact) mass is 261 g/mol. The third-order valence-electron chi connectivity index (χ3n) is 3.38. The van der Waals surface area contributed by atoms with Crippen molar-refractivity contribution in [3.63, 3.8) is 0 Å². The molecule has 0 aliphatic carbocycles. The maximum Gasteiger partial charge on any atom is 0.159 e. The highest BCUT2D eigenvalue weighted by Gasteiger charge is 2.24. The second kappa shape index (κ2) is 4.92. The van der Waals surface area contributed by atoms with Crippen LogP contribution < -0.4 is 0 Å². The Morgan fingerprint density at radius 1 is 1.50 bits per heavy atom. The van der Waals surface area contributed by atoms with Crippen molar-refractivity contribution in [1.82, 2.24) is 14.5 Å². The van der Waals surface area contributed by atoms with Crippen LogP contribution in [-0.2, 0) is 6.54 Å².